The first-order valence-electron chi connectivity index (χ1n) is 5.55. The minimum Gasteiger partial charge on any atom is -0.477 e. The van der Waals surface area contributed by atoms with Crippen molar-refractivity contribution in [1.82, 2.24) is 10.3 Å². The van der Waals surface area contributed by atoms with E-state index in [0.717, 1.165) is 5.56 Å². The summed E-state index contributed by atoms with van der Waals surface area (Å²) in [5, 5.41) is 14.0. The van der Waals surface area contributed by atoms with Crippen molar-refractivity contribution in [1.29, 1.82) is 0 Å². The van der Waals surface area contributed by atoms with Gasteiger partial charge in [0.25, 0.3) is 0 Å². The molecule has 19 heavy (non-hydrogen) atoms. The second kappa shape index (κ2) is 5.30. The number of urea groups is 1. The Hall–Kier alpha value is -2.70. The molecule has 2 aromatic heterocycles. The number of aromatic carboxylic acids is 1. The van der Waals surface area contributed by atoms with Crippen molar-refractivity contribution in [2.75, 3.05) is 5.32 Å². The number of aromatic amines is 1. The first-order valence-corrected chi connectivity index (χ1v) is 5.55. The molecule has 0 aliphatic heterocycles. The highest BCUT2D eigenvalue weighted by Crippen LogP contribution is 2.16. The van der Waals surface area contributed by atoms with E-state index in [4.69, 9.17) is 9.52 Å². The van der Waals surface area contributed by atoms with E-state index in [2.05, 4.69) is 15.6 Å². The number of rotatable bonds is 4. The lowest BCUT2D eigenvalue weighted by molar-refractivity contribution is 0.0692. The fourth-order valence-corrected chi connectivity index (χ4v) is 1.60. The van der Waals surface area contributed by atoms with E-state index in [9.17, 15) is 9.59 Å². The lowest BCUT2D eigenvalue weighted by Crippen LogP contribution is -2.28. The van der Waals surface area contributed by atoms with Crippen molar-refractivity contribution >= 4 is 17.7 Å². The molecule has 0 fully saturated rings. The fraction of sp³-hybridized carbons (Fsp3) is 0.167. The standard InChI is InChI=1S/C12H13N3O4/c1-7-4-9(10(14-7)11(16)17)15-12(18)13-5-8-2-3-19-6-8/h2-4,6,14H,5H2,1H3,(H,16,17)(H2,13,15,18). The quantitative estimate of drug-likeness (QED) is 0.676. The molecule has 0 aliphatic carbocycles. The van der Waals surface area contributed by atoms with Gasteiger partial charge in [0.2, 0.25) is 0 Å². The topological polar surface area (TPSA) is 107 Å². The van der Waals surface area contributed by atoms with Gasteiger partial charge in [-0.3, -0.25) is 0 Å². The molecule has 4 N–H and O–H groups in total. The number of carboxylic acid groups (broad SMARTS) is 1. The van der Waals surface area contributed by atoms with Gasteiger partial charge < -0.3 is 25.1 Å². The van der Waals surface area contributed by atoms with Gasteiger partial charge in [-0.1, -0.05) is 0 Å². The van der Waals surface area contributed by atoms with Crippen molar-refractivity contribution in [2.45, 2.75) is 13.5 Å². The SMILES string of the molecule is Cc1cc(NC(=O)NCc2ccoc2)c(C(=O)O)[nH]1. The molecule has 2 rings (SSSR count). The monoisotopic (exact) mass is 263 g/mol. The lowest BCUT2D eigenvalue weighted by Gasteiger charge is -2.05. The molecule has 0 saturated carbocycles. The number of nitrogens with one attached hydrogen (secondary N) is 3. The van der Waals surface area contributed by atoms with Gasteiger partial charge in [-0.05, 0) is 19.1 Å². The molecule has 100 valence electrons. The number of furan rings is 1. The summed E-state index contributed by atoms with van der Waals surface area (Å²) < 4.78 is 4.86. The first kappa shape index (κ1) is 12.7. The number of carboxylic acids is 1. The maximum Gasteiger partial charge on any atom is 0.354 e. The highest BCUT2D eigenvalue weighted by atomic mass is 16.4. The van der Waals surface area contributed by atoms with Gasteiger partial charge in [-0.25, -0.2) is 9.59 Å². The highest BCUT2D eigenvalue weighted by molar-refractivity contribution is 5.99. The molecule has 0 unspecified atom stereocenters. The van der Waals surface area contributed by atoms with Gasteiger partial charge in [0.05, 0.1) is 18.2 Å². The second-order valence-electron chi connectivity index (χ2n) is 3.99. The third kappa shape index (κ3) is 3.15. The number of anilines is 1. The zero-order valence-electron chi connectivity index (χ0n) is 10.2. The molecule has 2 amide bonds. The number of hydrogen-bond acceptors (Lipinski definition) is 3. The molecule has 0 saturated heterocycles. The Bertz CT molecular complexity index is 586. The smallest absolute Gasteiger partial charge is 0.354 e. The van der Waals surface area contributed by atoms with Crippen molar-refractivity contribution in [2.24, 2.45) is 0 Å². The van der Waals surface area contributed by atoms with E-state index >= 15 is 0 Å². The molecule has 0 radical (unpaired) electrons. The van der Waals surface area contributed by atoms with Crippen LogP contribution in [0.3, 0.4) is 0 Å². The van der Waals surface area contributed by atoms with Gasteiger partial charge in [-0.2, -0.15) is 0 Å². The summed E-state index contributed by atoms with van der Waals surface area (Å²) in [6.45, 7) is 2.01. The Morgan fingerprint density at radius 1 is 1.47 bits per heavy atom. The number of carbonyl (C=O) groups is 2. The molecular weight excluding hydrogens is 250 g/mol. The number of aryl methyl sites for hydroxylation is 1. The lowest BCUT2D eigenvalue weighted by atomic mass is 10.3. The van der Waals surface area contributed by atoms with E-state index in [-0.39, 0.29) is 11.4 Å². The molecule has 0 aromatic carbocycles. The number of aromatic nitrogens is 1. The average molecular weight is 263 g/mol. The summed E-state index contributed by atoms with van der Waals surface area (Å²) in [5.74, 6) is -1.13. The van der Waals surface area contributed by atoms with Crippen LogP contribution in [0.15, 0.2) is 29.1 Å². The first-order chi connectivity index (χ1) is 9.06. The summed E-state index contributed by atoms with van der Waals surface area (Å²) in [6.07, 6.45) is 3.02. The Labute approximate surface area is 108 Å². The normalized spacial score (nSPS) is 10.2. The van der Waals surface area contributed by atoms with Crippen LogP contribution in [0, 0.1) is 6.92 Å². The Morgan fingerprint density at radius 3 is 2.89 bits per heavy atom. The zero-order chi connectivity index (χ0) is 13.8. The van der Waals surface area contributed by atoms with Crippen molar-refractivity contribution in [3.05, 3.63) is 41.6 Å². The second-order valence-corrected chi connectivity index (χ2v) is 3.99. The highest BCUT2D eigenvalue weighted by Gasteiger charge is 2.15. The van der Waals surface area contributed by atoms with Crippen LogP contribution in [-0.2, 0) is 6.54 Å². The molecule has 7 nitrogen and oxygen atoms in total. The number of carbonyl (C=O) groups excluding carboxylic acids is 1. The van der Waals surface area contributed by atoms with Gasteiger partial charge in [0, 0.05) is 17.8 Å². The van der Waals surface area contributed by atoms with Crippen molar-refractivity contribution in [3.8, 4) is 0 Å². The third-order valence-electron chi connectivity index (χ3n) is 2.45. The van der Waals surface area contributed by atoms with Crippen LogP contribution in [-0.4, -0.2) is 22.1 Å². The molecule has 2 aromatic rings. The zero-order valence-corrected chi connectivity index (χ0v) is 10.2. The molecule has 0 aliphatic rings. The minimum absolute atomic E-state index is 0.0454. The van der Waals surface area contributed by atoms with Crippen LogP contribution in [0.25, 0.3) is 0 Å². The Balaban J connectivity index is 1.97. The predicted molar refractivity (Wildman–Crippen MR) is 67.1 cm³/mol. The Morgan fingerprint density at radius 2 is 2.26 bits per heavy atom. The minimum atomic E-state index is -1.13. The summed E-state index contributed by atoms with van der Waals surface area (Å²) >= 11 is 0. The summed E-state index contributed by atoms with van der Waals surface area (Å²) in [5.41, 5.74) is 1.66. The maximum atomic E-state index is 11.6. The van der Waals surface area contributed by atoms with Crippen LogP contribution in [0.1, 0.15) is 21.7 Å². The number of amides is 2. The van der Waals surface area contributed by atoms with E-state index < -0.39 is 12.0 Å². The van der Waals surface area contributed by atoms with Crippen LogP contribution in [0.2, 0.25) is 0 Å². The van der Waals surface area contributed by atoms with Crippen LogP contribution < -0.4 is 10.6 Å². The van der Waals surface area contributed by atoms with E-state index in [1.165, 1.54) is 12.5 Å². The van der Waals surface area contributed by atoms with Gasteiger partial charge in [-0.15, -0.1) is 0 Å². The van der Waals surface area contributed by atoms with Crippen LogP contribution in [0.5, 0.6) is 0 Å². The summed E-state index contributed by atoms with van der Waals surface area (Å²) in [6, 6.07) is 2.80. The van der Waals surface area contributed by atoms with Crippen LogP contribution in [0.4, 0.5) is 10.5 Å². The van der Waals surface area contributed by atoms with Gasteiger partial charge in [0.1, 0.15) is 5.69 Å². The molecule has 7 heteroatoms. The number of H-pyrrole nitrogens is 1. The average Bonchev–Trinajstić information content (AvgIpc) is 2.96. The van der Waals surface area contributed by atoms with Crippen molar-refractivity contribution in [3.63, 3.8) is 0 Å². The van der Waals surface area contributed by atoms with Crippen LogP contribution >= 0.6 is 0 Å². The number of hydrogen-bond donors (Lipinski definition) is 4. The largest absolute Gasteiger partial charge is 0.477 e. The van der Waals surface area contributed by atoms with Crippen molar-refractivity contribution < 1.29 is 19.1 Å². The summed E-state index contributed by atoms with van der Waals surface area (Å²) in [7, 11) is 0. The van der Waals surface area contributed by atoms with E-state index in [1.54, 1.807) is 19.1 Å². The molecule has 0 spiro atoms. The fourth-order valence-electron chi connectivity index (χ4n) is 1.60. The third-order valence-corrected chi connectivity index (χ3v) is 2.45. The van der Waals surface area contributed by atoms with Gasteiger partial charge in [0.15, 0.2) is 0 Å². The molecular formula is C12H13N3O4. The molecule has 0 atom stereocenters. The van der Waals surface area contributed by atoms with E-state index in [1.807, 2.05) is 0 Å². The van der Waals surface area contributed by atoms with E-state index in [0.29, 0.717) is 12.2 Å². The Kier molecular flexibility index (Phi) is 3.56. The molecule has 0 bridgehead atoms. The summed E-state index contributed by atoms with van der Waals surface area (Å²) in [4.78, 5) is 25.2. The molecule has 2 heterocycles. The van der Waals surface area contributed by atoms with Gasteiger partial charge >= 0.3 is 12.0 Å². The predicted octanol–water partition coefficient (Wildman–Crippen LogP) is 1.94. The maximum absolute atomic E-state index is 11.6.